The number of rotatable bonds is 5. The third-order valence-electron chi connectivity index (χ3n) is 3.61. The first-order valence-corrected chi connectivity index (χ1v) is 7.87. The van der Waals surface area contributed by atoms with Gasteiger partial charge in [0.1, 0.15) is 0 Å². The van der Waals surface area contributed by atoms with E-state index in [1.807, 2.05) is 18.4 Å². The van der Waals surface area contributed by atoms with Gasteiger partial charge in [-0.1, -0.05) is 34.6 Å². The lowest BCUT2D eigenvalue weighted by molar-refractivity contribution is 0.503. The van der Waals surface area contributed by atoms with Crippen LogP contribution in [0.15, 0.2) is 0 Å². The van der Waals surface area contributed by atoms with Crippen molar-refractivity contribution in [1.29, 1.82) is 0 Å². The van der Waals surface area contributed by atoms with Crippen molar-refractivity contribution < 1.29 is 0 Å². The highest BCUT2D eigenvalue weighted by atomic mass is 32.1. The molecule has 0 saturated carbocycles. The van der Waals surface area contributed by atoms with E-state index >= 15 is 0 Å². The van der Waals surface area contributed by atoms with E-state index in [0.29, 0.717) is 12.0 Å². The molecule has 0 aliphatic heterocycles. The molecule has 1 aromatic rings. The Labute approximate surface area is 122 Å². The van der Waals surface area contributed by atoms with E-state index in [0.717, 1.165) is 11.7 Å². The van der Waals surface area contributed by atoms with Gasteiger partial charge in [-0.2, -0.15) is 0 Å². The lowest BCUT2D eigenvalue weighted by Gasteiger charge is -2.27. The minimum Gasteiger partial charge on any atom is -0.348 e. The Hall–Kier alpha value is -0.610. The van der Waals surface area contributed by atoms with Crippen LogP contribution >= 0.6 is 11.3 Å². The van der Waals surface area contributed by atoms with E-state index in [9.17, 15) is 0 Å². The van der Waals surface area contributed by atoms with Gasteiger partial charge in [0.2, 0.25) is 0 Å². The molecule has 3 nitrogen and oxygen atoms in total. The monoisotopic (exact) mass is 283 g/mol. The van der Waals surface area contributed by atoms with Crippen LogP contribution in [0, 0.1) is 5.92 Å². The Balaban J connectivity index is 3.10. The van der Waals surface area contributed by atoms with Crippen molar-refractivity contribution in [2.24, 2.45) is 5.92 Å². The standard InChI is InChI=1S/C15H29N3S/c1-10(2)11(3)18(8)14-17-13(15(4,5)6)12(19-14)9-16-7/h10-11,16H,9H2,1-8H3. The molecular weight excluding hydrogens is 254 g/mol. The summed E-state index contributed by atoms with van der Waals surface area (Å²) >= 11 is 1.82. The zero-order chi connectivity index (χ0) is 14.8. The first-order valence-electron chi connectivity index (χ1n) is 7.06. The predicted octanol–water partition coefficient (Wildman–Crippen LogP) is 3.64. The second kappa shape index (κ2) is 6.23. The van der Waals surface area contributed by atoms with E-state index in [4.69, 9.17) is 4.98 Å². The maximum Gasteiger partial charge on any atom is 0.185 e. The molecule has 0 aromatic carbocycles. The predicted molar refractivity (Wildman–Crippen MR) is 86.3 cm³/mol. The number of hydrogen-bond acceptors (Lipinski definition) is 4. The van der Waals surface area contributed by atoms with Gasteiger partial charge >= 0.3 is 0 Å². The Morgan fingerprint density at radius 3 is 2.26 bits per heavy atom. The van der Waals surface area contributed by atoms with E-state index in [1.165, 1.54) is 10.6 Å². The summed E-state index contributed by atoms with van der Waals surface area (Å²) in [7, 11) is 4.14. The van der Waals surface area contributed by atoms with Crippen molar-refractivity contribution in [2.75, 3.05) is 19.0 Å². The fraction of sp³-hybridized carbons (Fsp3) is 0.800. The summed E-state index contributed by atoms with van der Waals surface area (Å²) < 4.78 is 0. The van der Waals surface area contributed by atoms with Crippen LogP contribution in [0.3, 0.4) is 0 Å². The number of hydrogen-bond donors (Lipinski definition) is 1. The largest absolute Gasteiger partial charge is 0.348 e. The van der Waals surface area contributed by atoms with Crippen molar-refractivity contribution in [3.05, 3.63) is 10.6 Å². The molecule has 0 aliphatic carbocycles. The van der Waals surface area contributed by atoms with Gasteiger partial charge in [0, 0.05) is 29.9 Å². The molecule has 110 valence electrons. The molecule has 4 heteroatoms. The van der Waals surface area contributed by atoms with Crippen LogP contribution in [-0.2, 0) is 12.0 Å². The lowest BCUT2D eigenvalue weighted by atomic mass is 9.91. The molecule has 0 bridgehead atoms. The summed E-state index contributed by atoms with van der Waals surface area (Å²) in [5, 5.41) is 4.39. The van der Waals surface area contributed by atoms with Crippen LogP contribution < -0.4 is 10.2 Å². The summed E-state index contributed by atoms with van der Waals surface area (Å²) in [5.74, 6) is 0.625. The molecule has 0 amide bonds. The highest BCUT2D eigenvalue weighted by molar-refractivity contribution is 7.15. The molecule has 0 radical (unpaired) electrons. The first kappa shape index (κ1) is 16.4. The summed E-state index contributed by atoms with van der Waals surface area (Å²) in [4.78, 5) is 8.57. The minimum atomic E-state index is 0.100. The van der Waals surface area contributed by atoms with Gasteiger partial charge in [-0.25, -0.2) is 4.98 Å². The Bertz CT molecular complexity index is 404. The quantitative estimate of drug-likeness (QED) is 0.894. The van der Waals surface area contributed by atoms with E-state index in [1.54, 1.807) is 0 Å². The molecule has 1 N–H and O–H groups in total. The number of anilines is 1. The third-order valence-corrected chi connectivity index (χ3v) is 4.76. The fourth-order valence-electron chi connectivity index (χ4n) is 1.98. The molecule has 1 unspecified atom stereocenters. The van der Waals surface area contributed by atoms with Crippen LogP contribution in [0.1, 0.15) is 52.1 Å². The van der Waals surface area contributed by atoms with Crippen molar-refractivity contribution >= 4 is 16.5 Å². The van der Waals surface area contributed by atoms with Gasteiger partial charge in [-0.15, -0.1) is 11.3 Å². The number of aromatic nitrogens is 1. The zero-order valence-electron chi connectivity index (χ0n) is 13.7. The average molecular weight is 283 g/mol. The third kappa shape index (κ3) is 3.93. The Morgan fingerprint density at radius 1 is 1.26 bits per heavy atom. The van der Waals surface area contributed by atoms with E-state index in [2.05, 4.69) is 58.8 Å². The molecule has 1 aromatic heterocycles. The summed E-state index contributed by atoms with van der Waals surface area (Å²) in [6.45, 7) is 14.4. The maximum absolute atomic E-state index is 4.91. The van der Waals surface area contributed by atoms with Gasteiger partial charge in [0.25, 0.3) is 0 Å². The molecule has 0 fully saturated rings. The summed E-state index contributed by atoms with van der Waals surface area (Å²) in [6, 6.07) is 0.501. The second-order valence-electron chi connectivity index (χ2n) is 6.64. The smallest absolute Gasteiger partial charge is 0.185 e. The van der Waals surface area contributed by atoms with Gasteiger partial charge in [-0.05, 0) is 19.9 Å². The summed E-state index contributed by atoms with van der Waals surface area (Å²) in [5.41, 5.74) is 1.33. The molecular formula is C15H29N3S. The van der Waals surface area contributed by atoms with Gasteiger partial charge in [-0.3, -0.25) is 0 Å². The van der Waals surface area contributed by atoms with Crippen LogP contribution in [0.2, 0.25) is 0 Å². The molecule has 1 atom stereocenters. The molecule has 0 aliphatic rings. The van der Waals surface area contributed by atoms with Crippen LogP contribution in [0.25, 0.3) is 0 Å². The SMILES string of the molecule is CNCc1sc(N(C)C(C)C(C)C)nc1C(C)(C)C. The Morgan fingerprint density at radius 2 is 1.84 bits per heavy atom. The van der Waals surface area contributed by atoms with Crippen molar-refractivity contribution in [1.82, 2.24) is 10.3 Å². The van der Waals surface area contributed by atoms with Crippen molar-refractivity contribution in [3.63, 3.8) is 0 Å². The molecule has 0 saturated heterocycles. The molecule has 19 heavy (non-hydrogen) atoms. The minimum absolute atomic E-state index is 0.100. The second-order valence-corrected chi connectivity index (χ2v) is 7.71. The van der Waals surface area contributed by atoms with Gasteiger partial charge in [0.05, 0.1) is 5.69 Å². The number of nitrogens with zero attached hydrogens (tertiary/aromatic N) is 2. The maximum atomic E-state index is 4.91. The first-order chi connectivity index (χ1) is 8.68. The highest BCUT2D eigenvalue weighted by Crippen LogP contribution is 2.34. The fourth-order valence-corrected chi connectivity index (χ4v) is 3.31. The number of nitrogens with one attached hydrogen (secondary N) is 1. The number of thiazole rings is 1. The van der Waals surface area contributed by atoms with Crippen molar-refractivity contribution in [2.45, 2.75) is 59.5 Å². The van der Waals surface area contributed by atoms with Gasteiger partial charge in [0.15, 0.2) is 5.13 Å². The normalized spacial score (nSPS) is 13.9. The van der Waals surface area contributed by atoms with Gasteiger partial charge < -0.3 is 10.2 Å². The topological polar surface area (TPSA) is 28.2 Å². The Kier molecular flexibility index (Phi) is 5.39. The average Bonchev–Trinajstić information content (AvgIpc) is 2.71. The lowest BCUT2D eigenvalue weighted by Crippen LogP contribution is -2.33. The van der Waals surface area contributed by atoms with E-state index in [-0.39, 0.29) is 5.41 Å². The van der Waals surface area contributed by atoms with E-state index < -0.39 is 0 Å². The zero-order valence-corrected chi connectivity index (χ0v) is 14.5. The summed E-state index contributed by atoms with van der Waals surface area (Å²) in [6.07, 6.45) is 0. The molecule has 1 rings (SSSR count). The molecule has 0 spiro atoms. The molecule has 1 heterocycles. The van der Waals surface area contributed by atoms with Crippen LogP contribution in [0.4, 0.5) is 5.13 Å². The van der Waals surface area contributed by atoms with Crippen molar-refractivity contribution in [3.8, 4) is 0 Å². The van der Waals surface area contributed by atoms with Crippen LogP contribution in [0.5, 0.6) is 0 Å². The van der Waals surface area contributed by atoms with Crippen LogP contribution in [-0.4, -0.2) is 25.1 Å². The highest BCUT2D eigenvalue weighted by Gasteiger charge is 2.25.